The summed E-state index contributed by atoms with van der Waals surface area (Å²) in [6, 6.07) is -1.77. The molecule has 0 aliphatic carbocycles. The fourth-order valence-corrected chi connectivity index (χ4v) is 2.33. The quantitative estimate of drug-likeness (QED) is 0.539. The standard InChI is InChI=1S/C14H18F3NO8/c1-5-10(24-6(2)19)11(25-7(3)20)9(12(23-5)26-8(4)21)18-13(22)14(15,16)17/h5,9-12H,1-4H3,(H,18,22)/t5-,9-,10+,11-,12+/m0/s1. The van der Waals surface area contributed by atoms with Crippen molar-refractivity contribution >= 4 is 23.8 Å². The fraction of sp³-hybridized carbons (Fsp3) is 0.714. The highest BCUT2D eigenvalue weighted by Crippen LogP contribution is 2.28. The first-order chi connectivity index (χ1) is 11.8. The number of hydrogen-bond donors (Lipinski definition) is 1. The number of esters is 3. The molecule has 1 heterocycles. The lowest BCUT2D eigenvalue weighted by Gasteiger charge is -2.43. The highest BCUT2D eigenvalue weighted by atomic mass is 19.4. The Morgan fingerprint density at radius 3 is 1.77 bits per heavy atom. The van der Waals surface area contributed by atoms with Crippen LogP contribution in [0.15, 0.2) is 0 Å². The summed E-state index contributed by atoms with van der Waals surface area (Å²) in [6.07, 6.45) is -10.9. The lowest BCUT2D eigenvalue weighted by molar-refractivity contribution is -0.263. The third-order valence-electron chi connectivity index (χ3n) is 3.22. The summed E-state index contributed by atoms with van der Waals surface area (Å²) in [4.78, 5) is 45.2. The van der Waals surface area contributed by atoms with Crippen LogP contribution >= 0.6 is 0 Å². The molecule has 0 saturated carbocycles. The van der Waals surface area contributed by atoms with Gasteiger partial charge in [0.05, 0.1) is 6.10 Å². The Morgan fingerprint density at radius 2 is 1.35 bits per heavy atom. The first-order valence-electron chi connectivity index (χ1n) is 7.37. The average molecular weight is 385 g/mol. The molecule has 0 spiro atoms. The Kier molecular flexibility index (Phi) is 6.95. The molecule has 0 aromatic heterocycles. The minimum Gasteiger partial charge on any atom is -0.456 e. The van der Waals surface area contributed by atoms with Gasteiger partial charge in [-0.25, -0.2) is 0 Å². The van der Waals surface area contributed by atoms with Gasteiger partial charge in [-0.2, -0.15) is 13.2 Å². The van der Waals surface area contributed by atoms with Crippen molar-refractivity contribution in [3.63, 3.8) is 0 Å². The molecule has 1 aliphatic heterocycles. The van der Waals surface area contributed by atoms with Gasteiger partial charge in [-0.1, -0.05) is 0 Å². The van der Waals surface area contributed by atoms with Gasteiger partial charge in [0.1, 0.15) is 6.04 Å². The zero-order valence-electron chi connectivity index (χ0n) is 14.3. The average Bonchev–Trinajstić information content (AvgIpc) is 2.44. The van der Waals surface area contributed by atoms with E-state index in [1.807, 2.05) is 0 Å². The van der Waals surface area contributed by atoms with Crippen LogP contribution in [0.3, 0.4) is 0 Å². The molecule has 1 saturated heterocycles. The second-order valence-electron chi connectivity index (χ2n) is 5.46. The van der Waals surface area contributed by atoms with E-state index in [0.717, 1.165) is 20.8 Å². The van der Waals surface area contributed by atoms with Crippen LogP contribution in [0.5, 0.6) is 0 Å². The minimum absolute atomic E-state index is 0.825. The molecule has 1 aliphatic rings. The van der Waals surface area contributed by atoms with E-state index >= 15 is 0 Å². The van der Waals surface area contributed by atoms with Crippen molar-refractivity contribution in [1.82, 2.24) is 5.32 Å². The summed E-state index contributed by atoms with van der Waals surface area (Å²) in [5.41, 5.74) is 0. The molecule has 12 heteroatoms. The maximum absolute atomic E-state index is 12.6. The van der Waals surface area contributed by atoms with Crippen LogP contribution in [0.1, 0.15) is 27.7 Å². The number of alkyl halides is 3. The predicted octanol–water partition coefficient (Wildman–Crippen LogP) is 0.205. The molecule has 0 bridgehead atoms. The molecule has 5 atom stereocenters. The minimum atomic E-state index is -5.26. The number of halogens is 3. The monoisotopic (exact) mass is 385 g/mol. The summed E-state index contributed by atoms with van der Waals surface area (Å²) < 4.78 is 57.8. The maximum Gasteiger partial charge on any atom is 0.471 e. The highest BCUT2D eigenvalue weighted by molar-refractivity contribution is 5.82. The van der Waals surface area contributed by atoms with Gasteiger partial charge in [0.2, 0.25) is 6.29 Å². The van der Waals surface area contributed by atoms with Crippen LogP contribution in [0.4, 0.5) is 13.2 Å². The molecule has 0 aromatic rings. The van der Waals surface area contributed by atoms with Gasteiger partial charge in [0, 0.05) is 20.8 Å². The van der Waals surface area contributed by atoms with Crippen LogP contribution in [-0.4, -0.2) is 60.6 Å². The van der Waals surface area contributed by atoms with Crippen molar-refractivity contribution in [3.05, 3.63) is 0 Å². The Morgan fingerprint density at radius 1 is 0.885 bits per heavy atom. The Labute approximate surface area is 146 Å². The van der Waals surface area contributed by atoms with E-state index < -0.39 is 60.6 Å². The molecule has 0 radical (unpaired) electrons. The van der Waals surface area contributed by atoms with E-state index in [1.54, 1.807) is 5.32 Å². The normalized spacial score (nSPS) is 28.7. The van der Waals surface area contributed by atoms with Crippen molar-refractivity contribution in [2.24, 2.45) is 0 Å². The Balaban J connectivity index is 3.26. The number of ether oxygens (including phenoxy) is 4. The van der Waals surface area contributed by atoms with Crippen LogP contribution < -0.4 is 5.32 Å². The first kappa shape index (κ1) is 21.7. The predicted molar refractivity (Wildman–Crippen MR) is 75.2 cm³/mol. The van der Waals surface area contributed by atoms with E-state index in [-0.39, 0.29) is 0 Å². The van der Waals surface area contributed by atoms with E-state index in [2.05, 4.69) is 0 Å². The molecule has 148 valence electrons. The van der Waals surface area contributed by atoms with E-state index in [4.69, 9.17) is 18.9 Å². The second-order valence-corrected chi connectivity index (χ2v) is 5.46. The van der Waals surface area contributed by atoms with Crippen molar-refractivity contribution < 1.29 is 51.3 Å². The highest BCUT2D eigenvalue weighted by Gasteiger charge is 2.52. The number of carbonyl (C=O) groups excluding carboxylic acids is 4. The molecule has 26 heavy (non-hydrogen) atoms. The van der Waals surface area contributed by atoms with Gasteiger partial charge in [0.15, 0.2) is 12.2 Å². The molecule has 0 aromatic carbocycles. The second kappa shape index (κ2) is 8.34. The van der Waals surface area contributed by atoms with Gasteiger partial charge >= 0.3 is 30.0 Å². The topological polar surface area (TPSA) is 117 Å². The number of nitrogens with one attached hydrogen (secondary N) is 1. The van der Waals surface area contributed by atoms with Crippen LogP contribution in [-0.2, 0) is 38.1 Å². The lowest BCUT2D eigenvalue weighted by atomic mass is 9.96. The van der Waals surface area contributed by atoms with Crippen molar-refractivity contribution in [2.75, 3.05) is 0 Å². The van der Waals surface area contributed by atoms with Gasteiger partial charge in [-0.05, 0) is 6.92 Å². The summed E-state index contributed by atoms with van der Waals surface area (Å²) in [5, 5.41) is 1.56. The van der Waals surface area contributed by atoms with E-state index in [9.17, 15) is 32.3 Å². The van der Waals surface area contributed by atoms with Crippen molar-refractivity contribution in [1.29, 1.82) is 0 Å². The zero-order chi connectivity index (χ0) is 20.2. The molecule has 1 N–H and O–H groups in total. The third kappa shape index (κ3) is 5.86. The Bertz CT molecular complexity index is 579. The smallest absolute Gasteiger partial charge is 0.456 e. The summed E-state index contributed by atoms with van der Waals surface area (Å²) in [6.45, 7) is 4.32. The Hall–Kier alpha value is -2.37. The largest absolute Gasteiger partial charge is 0.471 e. The number of amides is 1. The molecule has 1 fully saturated rings. The van der Waals surface area contributed by atoms with Crippen LogP contribution in [0.25, 0.3) is 0 Å². The summed E-state index contributed by atoms with van der Waals surface area (Å²) in [5.74, 6) is -5.04. The fourth-order valence-electron chi connectivity index (χ4n) is 2.33. The molecule has 1 amide bonds. The van der Waals surface area contributed by atoms with Gasteiger partial charge in [-0.15, -0.1) is 0 Å². The van der Waals surface area contributed by atoms with Gasteiger partial charge < -0.3 is 24.3 Å². The van der Waals surface area contributed by atoms with Crippen LogP contribution in [0, 0.1) is 0 Å². The van der Waals surface area contributed by atoms with Crippen molar-refractivity contribution in [3.8, 4) is 0 Å². The molecular weight excluding hydrogens is 367 g/mol. The lowest BCUT2D eigenvalue weighted by Crippen LogP contribution is -2.66. The van der Waals surface area contributed by atoms with Gasteiger partial charge in [-0.3, -0.25) is 19.2 Å². The van der Waals surface area contributed by atoms with Gasteiger partial charge in [0.25, 0.3) is 0 Å². The first-order valence-corrected chi connectivity index (χ1v) is 7.37. The molecule has 0 unspecified atom stereocenters. The van der Waals surface area contributed by atoms with Crippen molar-refractivity contribution in [2.45, 2.75) is 64.5 Å². The molecular formula is C14H18F3NO8. The maximum atomic E-state index is 12.6. The van der Waals surface area contributed by atoms with Crippen LogP contribution in [0.2, 0.25) is 0 Å². The van der Waals surface area contributed by atoms with E-state index in [1.165, 1.54) is 6.92 Å². The SMILES string of the molecule is CC(=O)O[C@H]1O[C@@H](C)[C@@H](OC(C)=O)[C@@H](OC(C)=O)[C@@H]1NC(=O)C(F)(F)F. The number of hydrogen-bond acceptors (Lipinski definition) is 8. The summed E-state index contributed by atoms with van der Waals surface area (Å²) >= 11 is 0. The number of carbonyl (C=O) groups is 4. The van der Waals surface area contributed by atoms with E-state index in [0.29, 0.717) is 0 Å². The molecule has 1 rings (SSSR count). The molecule has 9 nitrogen and oxygen atoms in total. The number of rotatable bonds is 4. The third-order valence-corrected chi connectivity index (χ3v) is 3.22. The summed E-state index contributed by atoms with van der Waals surface area (Å²) in [7, 11) is 0. The zero-order valence-corrected chi connectivity index (χ0v) is 14.3.